The molecule has 1 heterocycles. The van der Waals surface area contributed by atoms with Crippen molar-refractivity contribution in [3.05, 3.63) is 40.3 Å². The Kier molecular flexibility index (Phi) is 3.48. The van der Waals surface area contributed by atoms with E-state index < -0.39 is 0 Å². The van der Waals surface area contributed by atoms with Crippen LogP contribution in [-0.2, 0) is 6.42 Å². The van der Waals surface area contributed by atoms with Gasteiger partial charge in [-0.1, -0.05) is 18.5 Å². The smallest absolute Gasteiger partial charge is 0.163 e. The first kappa shape index (κ1) is 12.8. The van der Waals surface area contributed by atoms with Gasteiger partial charge >= 0.3 is 0 Å². The van der Waals surface area contributed by atoms with Gasteiger partial charge in [0.2, 0.25) is 0 Å². The number of aromatic nitrogens is 2. The lowest BCUT2D eigenvalue weighted by Gasteiger charge is -2.09. The van der Waals surface area contributed by atoms with Gasteiger partial charge < -0.3 is 5.73 Å². The SMILES string of the molecule is CCc1nc(-c2ccc(F)cc2Cl)nc(N)c1C. The highest BCUT2D eigenvalue weighted by Gasteiger charge is 2.12. The number of nitrogens with two attached hydrogens (primary N) is 1. The van der Waals surface area contributed by atoms with Crippen molar-refractivity contribution >= 4 is 17.4 Å². The van der Waals surface area contributed by atoms with E-state index in [2.05, 4.69) is 9.97 Å². The summed E-state index contributed by atoms with van der Waals surface area (Å²) in [7, 11) is 0. The molecule has 0 saturated carbocycles. The van der Waals surface area contributed by atoms with Gasteiger partial charge in [-0.25, -0.2) is 14.4 Å². The highest BCUT2D eigenvalue weighted by molar-refractivity contribution is 6.33. The number of nitrogens with zero attached hydrogens (tertiary/aromatic N) is 2. The fourth-order valence-electron chi connectivity index (χ4n) is 1.72. The molecule has 2 N–H and O–H groups in total. The maximum absolute atomic E-state index is 13.0. The van der Waals surface area contributed by atoms with Crippen molar-refractivity contribution in [2.45, 2.75) is 20.3 Å². The second-order valence-corrected chi connectivity index (χ2v) is 4.39. The van der Waals surface area contributed by atoms with E-state index in [9.17, 15) is 4.39 Å². The average Bonchev–Trinajstić information content (AvgIpc) is 2.32. The molecule has 1 aromatic heterocycles. The normalized spacial score (nSPS) is 10.7. The third-order valence-electron chi connectivity index (χ3n) is 2.79. The molecule has 94 valence electrons. The largest absolute Gasteiger partial charge is 0.383 e. The Labute approximate surface area is 110 Å². The van der Waals surface area contributed by atoms with Crippen LogP contribution in [-0.4, -0.2) is 9.97 Å². The van der Waals surface area contributed by atoms with Crippen molar-refractivity contribution in [3.8, 4) is 11.4 Å². The van der Waals surface area contributed by atoms with Crippen LogP contribution in [0.4, 0.5) is 10.2 Å². The predicted molar refractivity (Wildman–Crippen MR) is 71.0 cm³/mol. The zero-order chi connectivity index (χ0) is 13.3. The first-order valence-electron chi connectivity index (χ1n) is 5.61. The van der Waals surface area contributed by atoms with E-state index in [1.807, 2.05) is 13.8 Å². The number of benzene rings is 1. The molecule has 0 saturated heterocycles. The topological polar surface area (TPSA) is 51.8 Å². The molecule has 18 heavy (non-hydrogen) atoms. The molecule has 0 aliphatic rings. The Morgan fingerprint density at radius 1 is 1.33 bits per heavy atom. The Morgan fingerprint density at radius 2 is 2.06 bits per heavy atom. The maximum Gasteiger partial charge on any atom is 0.163 e. The summed E-state index contributed by atoms with van der Waals surface area (Å²) >= 11 is 5.99. The molecule has 2 rings (SSSR count). The van der Waals surface area contributed by atoms with Crippen LogP contribution in [0, 0.1) is 12.7 Å². The molecular formula is C13H13ClFN3. The summed E-state index contributed by atoms with van der Waals surface area (Å²) in [6.45, 7) is 3.87. The Hall–Kier alpha value is -1.68. The van der Waals surface area contributed by atoms with E-state index >= 15 is 0 Å². The highest BCUT2D eigenvalue weighted by atomic mass is 35.5. The summed E-state index contributed by atoms with van der Waals surface area (Å²) in [5.74, 6) is 0.469. The summed E-state index contributed by atoms with van der Waals surface area (Å²) in [5.41, 5.74) is 8.18. The lowest BCUT2D eigenvalue weighted by molar-refractivity contribution is 0.628. The summed E-state index contributed by atoms with van der Waals surface area (Å²) in [6.07, 6.45) is 0.754. The van der Waals surface area contributed by atoms with Gasteiger partial charge in [-0.15, -0.1) is 0 Å². The summed E-state index contributed by atoms with van der Waals surface area (Å²) in [6, 6.07) is 4.12. The molecule has 0 radical (unpaired) electrons. The predicted octanol–water partition coefficient (Wildman–Crippen LogP) is 3.39. The Balaban J connectivity index is 2.60. The van der Waals surface area contributed by atoms with Crippen LogP contribution in [0.25, 0.3) is 11.4 Å². The van der Waals surface area contributed by atoms with Crippen LogP contribution >= 0.6 is 11.6 Å². The zero-order valence-electron chi connectivity index (χ0n) is 10.2. The Morgan fingerprint density at radius 3 is 2.67 bits per heavy atom. The van der Waals surface area contributed by atoms with Gasteiger partial charge in [0.15, 0.2) is 5.82 Å². The summed E-state index contributed by atoms with van der Waals surface area (Å²) < 4.78 is 13.0. The molecule has 1 aromatic carbocycles. The number of halogens is 2. The number of hydrogen-bond donors (Lipinski definition) is 1. The zero-order valence-corrected chi connectivity index (χ0v) is 10.9. The number of nitrogen functional groups attached to an aromatic ring is 1. The van der Waals surface area contributed by atoms with E-state index in [-0.39, 0.29) is 10.8 Å². The fraction of sp³-hybridized carbons (Fsp3) is 0.231. The molecule has 0 spiro atoms. The van der Waals surface area contributed by atoms with E-state index in [1.165, 1.54) is 12.1 Å². The van der Waals surface area contributed by atoms with Crippen LogP contribution in [0.2, 0.25) is 5.02 Å². The molecule has 0 atom stereocenters. The van der Waals surface area contributed by atoms with Crippen molar-refractivity contribution in [2.75, 3.05) is 5.73 Å². The highest BCUT2D eigenvalue weighted by Crippen LogP contribution is 2.27. The fourth-order valence-corrected chi connectivity index (χ4v) is 1.97. The molecule has 3 nitrogen and oxygen atoms in total. The van der Waals surface area contributed by atoms with E-state index in [0.29, 0.717) is 17.2 Å². The number of hydrogen-bond acceptors (Lipinski definition) is 3. The summed E-state index contributed by atoms with van der Waals surface area (Å²) in [4.78, 5) is 8.62. The van der Waals surface area contributed by atoms with Gasteiger partial charge in [-0.05, 0) is 31.5 Å². The maximum atomic E-state index is 13.0. The quantitative estimate of drug-likeness (QED) is 0.906. The van der Waals surface area contributed by atoms with Gasteiger partial charge in [-0.3, -0.25) is 0 Å². The van der Waals surface area contributed by atoms with Crippen molar-refractivity contribution in [1.29, 1.82) is 0 Å². The van der Waals surface area contributed by atoms with Crippen molar-refractivity contribution in [2.24, 2.45) is 0 Å². The molecular weight excluding hydrogens is 253 g/mol. The second kappa shape index (κ2) is 4.90. The van der Waals surface area contributed by atoms with Crippen LogP contribution in [0.15, 0.2) is 18.2 Å². The monoisotopic (exact) mass is 265 g/mol. The van der Waals surface area contributed by atoms with Gasteiger partial charge in [0.05, 0.1) is 5.02 Å². The lowest BCUT2D eigenvalue weighted by atomic mass is 10.1. The molecule has 0 aliphatic heterocycles. The molecule has 5 heteroatoms. The third kappa shape index (κ3) is 2.29. The number of rotatable bonds is 2. The van der Waals surface area contributed by atoms with Crippen LogP contribution in [0.1, 0.15) is 18.2 Å². The van der Waals surface area contributed by atoms with Gasteiger partial charge in [-0.2, -0.15) is 0 Å². The number of aryl methyl sites for hydroxylation is 1. The van der Waals surface area contributed by atoms with Crippen LogP contribution < -0.4 is 5.73 Å². The second-order valence-electron chi connectivity index (χ2n) is 3.98. The average molecular weight is 266 g/mol. The third-order valence-corrected chi connectivity index (χ3v) is 3.10. The minimum absolute atomic E-state index is 0.278. The van der Waals surface area contributed by atoms with E-state index in [1.54, 1.807) is 6.07 Å². The van der Waals surface area contributed by atoms with E-state index in [0.717, 1.165) is 17.7 Å². The van der Waals surface area contributed by atoms with Crippen LogP contribution in [0.5, 0.6) is 0 Å². The molecule has 0 bridgehead atoms. The first-order chi connectivity index (χ1) is 8.52. The van der Waals surface area contributed by atoms with Gasteiger partial charge in [0, 0.05) is 16.8 Å². The number of anilines is 1. The standard InChI is InChI=1S/C13H13ClFN3/c1-3-11-7(2)12(16)18-13(17-11)9-5-4-8(15)6-10(9)14/h4-6H,3H2,1-2H3,(H2,16,17,18). The molecule has 0 fully saturated rings. The van der Waals surface area contributed by atoms with Crippen molar-refractivity contribution in [3.63, 3.8) is 0 Å². The first-order valence-corrected chi connectivity index (χ1v) is 5.99. The van der Waals surface area contributed by atoms with E-state index in [4.69, 9.17) is 17.3 Å². The van der Waals surface area contributed by atoms with Gasteiger partial charge in [0.1, 0.15) is 11.6 Å². The minimum atomic E-state index is -0.389. The Bertz CT molecular complexity index is 599. The van der Waals surface area contributed by atoms with Crippen molar-refractivity contribution < 1.29 is 4.39 Å². The van der Waals surface area contributed by atoms with Gasteiger partial charge in [0.25, 0.3) is 0 Å². The molecule has 0 unspecified atom stereocenters. The molecule has 0 aliphatic carbocycles. The minimum Gasteiger partial charge on any atom is -0.383 e. The van der Waals surface area contributed by atoms with Crippen LogP contribution in [0.3, 0.4) is 0 Å². The lowest BCUT2D eigenvalue weighted by Crippen LogP contribution is -2.04. The van der Waals surface area contributed by atoms with Crippen molar-refractivity contribution in [1.82, 2.24) is 9.97 Å². The molecule has 2 aromatic rings. The molecule has 0 amide bonds. The summed E-state index contributed by atoms with van der Waals surface area (Å²) in [5, 5.41) is 0.278.